The highest BCUT2D eigenvalue weighted by atomic mass is 16.1. The molecule has 1 aliphatic carbocycles. The summed E-state index contributed by atoms with van der Waals surface area (Å²) in [7, 11) is 0. The molecule has 0 heterocycles. The highest BCUT2D eigenvalue weighted by molar-refractivity contribution is 5.96. The average Bonchev–Trinajstić information content (AvgIpc) is 2.33. The van der Waals surface area contributed by atoms with Crippen molar-refractivity contribution in [2.45, 2.75) is 64.2 Å². The summed E-state index contributed by atoms with van der Waals surface area (Å²) in [4.78, 5) is 12.1. The van der Waals surface area contributed by atoms with Gasteiger partial charge in [-0.2, -0.15) is 0 Å². The Bertz CT molecular complexity index is 390. The lowest BCUT2D eigenvalue weighted by Crippen LogP contribution is -2.09. The van der Waals surface area contributed by atoms with Gasteiger partial charge in [-0.25, -0.2) is 0 Å². The summed E-state index contributed by atoms with van der Waals surface area (Å²) in [5.74, 6) is 1.05. The second-order valence-electron chi connectivity index (χ2n) is 5.49. The molecule has 1 aromatic carbocycles. The van der Waals surface area contributed by atoms with Crippen LogP contribution in [0.1, 0.15) is 80.1 Å². The molecule has 0 unspecified atom stereocenters. The molecule has 18 heavy (non-hydrogen) atoms. The van der Waals surface area contributed by atoms with Crippen LogP contribution in [0.25, 0.3) is 0 Å². The zero-order valence-corrected chi connectivity index (χ0v) is 11.5. The lowest BCUT2D eigenvalue weighted by Gasteiger charge is -2.26. The smallest absolute Gasteiger partial charge is 0.162 e. The molecule has 0 aliphatic heterocycles. The van der Waals surface area contributed by atoms with Gasteiger partial charge in [0.25, 0.3) is 0 Å². The first-order valence-electron chi connectivity index (χ1n) is 7.44. The van der Waals surface area contributed by atoms with E-state index in [0.717, 1.165) is 17.9 Å². The fraction of sp³-hybridized carbons (Fsp3) is 0.588. The molecule has 0 aromatic heterocycles. The second kappa shape index (κ2) is 6.72. The maximum Gasteiger partial charge on any atom is 0.162 e. The minimum Gasteiger partial charge on any atom is -0.294 e. The average molecular weight is 244 g/mol. The lowest BCUT2D eigenvalue weighted by atomic mass is 9.79. The molecule has 0 amide bonds. The minimum atomic E-state index is 0.326. The lowest BCUT2D eigenvalue weighted by molar-refractivity contribution is 0.0979. The van der Waals surface area contributed by atoms with E-state index in [4.69, 9.17) is 0 Å². The van der Waals surface area contributed by atoms with Crippen LogP contribution in [0.2, 0.25) is 0 Å². The second-order valence-corrected chi connectivity index (χ2v) is 5.49. The monoisotopic (exact) mass is 244 g/mol. The molecule has 1 heteroatoms. The molecule has 1 aliphatic rings. The van der Waals surface area contributed by atoms with Gasteiger partial charge in [-0.3, -0.25) is 4.79 Å². The summed E-state index contributed by atoms with van der Waals surface area (Å²) in [5.41, 5.74) is 2.30. The quantitative estimate of drug-likeness (QED) is 0.481. The van der Waals surface area contributed by atoms with Crippen LogP contribution in [-0.2, 0) is 0 Å². The Labute approximate surface area is 111 Å². The van der Waals surface area contributed by atoms with E-state index in [0.29, 0.717) is 12.2 Å². The maximum atomic E-state index is 12.1. The topological polar surface area (TPSA) is 17.1 Å². The van der Waals surface area contributed by atoms with Gasteiger partial charge in [-0.05, 0) is 36.8 Å². The van der Waals surface area contributed by atoms with Crippen LogP contribution in [0.3, 0.4) is 0 Å². The van der Waals surface area contributed by atoms with Crippen LogP contribution in [-0.4, -0.2) is 5.78 Å². The van der Waals surface area contributed by atoms with Gasteiger partial charge in [-0.1, -0.05) is 50.8 Å². The number of Topliss-reactive ketones (excluding diaryl/α,β-unsaturated/α-hetero) is 1. The first-order valence-corrected chi connectivity index (χ1v) is 7.44. The summed E-state index contributed by atoms with van der Waals surface area (Å²) in [6.07, 6.45) is 9.36. The molecule has 98 valence electrons. The number of benzene rings is 1. The van der Waals surface area contributed by atoms with E-state index in [1.165, 1.54) is 44.1 Å². The molecule has 0 bridgehead atoms. The minimum absolute atomic E-state index is 0.326. The van der Waals surface area contributed by atoms with E-state index < -0.39 is 0 Å². The Morgan fingerprint density at radius 1 is 1.22 bits per heavy atom. The summed E-state index contributed by atoms with van der Waals surface area (Å²) >= 11 is 0. The van der Waals surface area contributed by atoms with Gasteiger partial charge in [-0.15, -0.1) is 0 Å². The molecule has 0 atom stereocenters. The van der Waals surface area contributed by atoms with Gasteiger partial charge >= 0.3 is 0 Å². The predicted octanol–water partition coefficient (Wildman–Crippen LogP) is 5.11. The van der Waals surface area contributed by atoms with E-state index in [1.54, 1.807) is 0 Å². The van der Waals surface area contributed by atoms with Crippen LogP contribution in [0.4, 0.5) is 0 Å². The summed E-state index contributed by atoms with van der Waals surface area (Å²) < 4.78 is 0. The third kappa shape index (κ3) is 3.44. The molecule has 1 fully saturated rings. The van der Waals surface area contributed by atoms with Gasteiger partial charge < -0.3 is 0 Å². The Kier molecular flexibility index (Phi) is 4.98. The Hall–Kier alpha value is -1.11. The zero-order valence-electron chi connectivity index (χ0n) is 11.5. The van der Waals surface area contributed by atoms with E-state index in [1.807, 2.05) is 12.1 Å². The molecular formula is C17H24O. The number of hydrogen-bond acceptors (Lipinski definition) is 1. The molecular weight excluding hydrogens is 220 g/mol. The maximum absolute atomic E-state index is 12.1. The molecule has 1 saturated carbocycles. The number of hydrogen-bond donors (Lipinski definition) is 0. The molecule has 1 aromatic rings. The predicted molar refractivity (Wildman–Crippen MR) is 76.1 cm³/mol. The first-order chi connectivity index (χ1) is 8.81. The number of rotatable bonds is 7. The number of unbranched alkanes of at least 4 members (excludes halogenated alkanes) is 3. The van der Waals surface area contributed by atoms with E-state index in [-0.39, 0.29) is 0 Å². The normalized spacial score (nSPS) is 15.4. The Morgan fingerprint density at radius 2 is 2.06 bits per heavy atom. The fourth-order valence-electron chi connectivity index (χ4n) is 2.56. The summed E-state index contributed by atoms with van der Waals surface area (Å²) in [6.45, 7) is 2.20. The van der Waals surface area contributed by atoms with Crippen LogP contribution in [0, 0.1) is 0 Å². The first kappa shape index (κ1) is 13.3. The van der Waals surface area contributed by atoms with Gasteiger partial charge in [0.15, 0.2) is 5.78 Å². The van der Waals surface area contributed by atoms with E-state index in [2.05, 4.69) is 19.1 Å². The molecule has 0 radical (unpaired) electrons. The van der Waals surface area contributed by atoms with Gasteiger partial charge in [0.1, 0.15) is 0 Å². The van der Waals surface area contributed by atoms with Crippen LogP contribution >= 0.6 is 0 Å². The molecule has 0 N–H and O–H groups in total. The highest BCUT2D eigenvalue weighted by Gasteiger charge is 2.20. The standard InChI is InChI=1S/C17H24O/c1-2-3-4-5-12-17(18)16-11-7-10-15(13-16)14-8-6-9-14/h7,10-11,13-14H,2-6,8-9,12H2,1H3. The van der Waals surface area contributed by atoms with Crippen LogP contribution in [0.15, 0.2) is 24.3 Å². The number of carbonyl (C=O) groups is 1. The van der Waals surface area contributed by atoms with Gasteiger partial charge in [0.05, 0.1) is 0 Å². The van der Waals surface area contributed by atoms with Crippen molar-refractivity contribution in [3.05, 3.63) is 35.4 Å². The fourth-order valence-corrected chi connectivity index (χ4v) is 2.56. The zero-order chi connectivity index (χ0) is 12.8. The van der Waals surface area contributed by atoms with Crippen molar-refractivity contribution in [3.8, 4) is 0 Å². The van der Waals surface area contributed by atoms with Crippen molar-refractivity contribution in [2.75, 3.05) is 0 Å². The highest BCUT2D eigenvalue weighted by Crippen LogP contribution is 2.36. The molecule has 0 spiro atoms. The van der Waals surface area contributed by atoms with Crippen molar-refractivity contribution >= 4 is 5.78 Å². The largest absolute Gasteiger partial charge is 0.294 e. The SMILES string of the molecule is CCCCCCC(=O)c1cccc(C2CCC2)c1. The molecule has 2 rings (SSSR count). The van der Waals surface area contributed by atoms with Crippen LogP contribution < -0.4 is 0 Å². The van der Waals surface area contributed by atoms with Gasteiger partial charge in [0, 0.05) is 12.0 Å². The van der Waals surface area contributed by atoms with Crippen molar-refractivity contribution < 1.29 is 4.79 Å². The third-order valence-electron chi connectivity index (χ3n) is 4.04. The van der Waals surface area contributed by atoms with E-state index >= 15 is 0 Å². The molecule has 0 saturated heterocycles. The molecule has 1 nitrogen and oxygen atoms in total. The van der Waals surface area contributed by atoms with Crippen molar-refractivity contribution in [1.82, 2.24) is 0 Å². The summed E-state index contributed by atoms with van der Waals surface area (Å²) in [6, 6.07) is 8.33. The van der Waals surface area contributed by atoms with Crippen molar-refractivity contribution in [2.24, 2.45) is 0 Å². The van der Waals surface area contributed by atoms with Crippen molar-refractivity contribution in [3.63, 3.8) is 0 Å². The third-order valence-corrected chi connectivity index (χ3v) is 4.04. The van der Waals surface area contributed by atoms with Gasteiger partial charge in [0.2, 0.25) is 0 Å². The summed E-state index contributed by atoms with van der Waals surface area (Å²) in [5, 5.41) is 0. The Morgan fingerprint density at radius 3 is 2.72 bits per heavy atom. The van der Waals surface area contributed by atoms with Crippen LogP contribution in [0.5, 0.6) is 0 Å². The number of ketones is 1. The van der Waals surface area contributed by atoms with Crippen molar-refractivity contribution in [1.29, 1.82) is 0 Å². The number of carbonyl (C=O) groups excluding carboxylic acids is 1. The van der Waals surface area contributed by atoms with E-state index in [9.17, 15) is 4.79 Å². The Balaban J connectivity index is 1.88.